The van der Waals surface area contributed by atoms with Crippen LogP contribution in [0.1, 0.15) is 0 Å². The zero-order valence-corrected chi connectivity index (χ0v) is 16.0. The van der Waals surface area contributed by atoms with Crippen molar-refractivity contribution in [3.05, 3.63) is 48.5 Å². The summed E-state index contributed by atoms with van der Waals surface area (Å²) in [6.45, 7) is 0. The molecule has 2 radical (unpaired) electrons. The number of benzene rings is 2. The Morgan fingerprint density at radius 2 is 0.826 bits per heavy atom. The zero-order chi connectivity index (χ0) is 17.0. The molecule has 2 aromatic rings. The van der Waals surface area contributed by atoms with E-state index >= 15 is 0 Å². The first kappa shape index (κ1) is 21.7. The maximum atomic E-state index is 10.3. The van der Waals surface area contributed by atoms with Crippen LogP contribution in [0.3, 0.4) is 0 Å². The van der Waals surface area contributed by atoms with Crippen molar-refractivity contribution in [3.8, 4) is 0 Å². The number of rotatable bonds is 2. The van der Waals surface area contributed by atoms with Gasteiger partial charge >= 0.3 is 23.9 Å². The fourth-order valence-electron chi connectivity index (χ4n) is 1.27. The van der Waals surface area contributed by atoms with Crippen LogP contribution in [0.2, 0.25) is 0 Å². The van der Waals surface area contributed by atoms with Gasteiger partial charge in [0.05, 0.1) is 9.79 Å². The van der Waals surface area contributed by atoms with E-state index in [4.69, 9.17) is 11.5 Å². The molecule has 0 unspecified atom stereocenters. The molecule has 0 spiro atoms. The molecule has 0 fully saturated rings. The molecule has 0 aliphatic rings. The van der Waals surface area contributed by atoms with E-state index in [-0.39, 0.29) is 33.7 Å². The van der Waals surface area contributed by atoms with Crippen molar-refractivity contribution in [2.45, 2.75) is 9.79 Å². The summed E-state index contributed by atoms with van der Waals surface area (Å²) in [5.41, 5.74) is 11.4. The molecular formula is C12H12N2O6S2Sn. The van der Waals surface area contributed by atoms with Gasteiger partial charge < -0.3 is 20.6 Å². The van der Waals surface area contributed by atoms with Gasteiger partial charge in [0.15, 0.2) is 0 Å². The summed E-state index contributed by atoms with van der Waals surface area (Å²) >= 11 is 0. The second-order valence-corrected chi connectivity index (χ2v) is 6.81. The SMILES string of the molecule is Nc1ccc(S(=O)(=O)[O-])cc1.Nc1ccc(S(=O)(=O)[O-])cc1.[Sn+2]. The topological polar surface area (TPSA) is 166 Å². The van der Waals surface area contributed by atoms with Gasteiger partial charge in [-0.05, 0) is 48.5 Å². The van der Waals surface area contributed by atoms with E-state index < -0.39 is 20.2 Å². The van der Waals surface area contributed by atoms with Crippen LogP contribution in [0.25, 0.3) is 0 Å². The van der Waals surface area contributed by atoms with Gasteiger partial charge in [0, 0.05) is 11.4 Å². The van der Waals surface area contributed by atoms with Crippen molar-refractivity contribution in [3.63, 3.8) is 0 Å². The molecule has 2 aromatic carbocycles. The van der Waals surface area contributed by atoms with Crippen LogP contribution in [-0.4, -0.2) is 49.8 Å². The third-order valence-electron chi connectivity index (χ3n) is 2.34. The van der Waals surface area contributed by atoms with Crippen molar-refractivity contribution < 1.29 is 25.9 Å². The zero-order valence-electron chi connectivity index (χ0n) is 11.5. The van der Waals surface area contributed by atoms with E-state index in [1.807, 2.05) is 0 Å². The van der Waals surface area contributed by atoms with Crippen molar-refractivity contribution in [2.24, 2.45) is 0 Å². The summed E-state index contributed by atoms with van der Waals surface area (Å²) in [4.78, 5) is -0.515. The quantitative estimate of drug-likeness (QED) is 0.356. The monoisotopic (exact) mass is 464 g/mol. The first-order chi connectivity index (χ1) is 10.00. The maximum absolute atomic E-state index is 10.3. The van der Waals surface area contributed by atoms with Crippen LogP contribution in [0.5, 0.6) is 0 Å². The molecule has 4 N–H and O–H groups in total. The summed E-state index contributed by atoms with van der Waals surface area (Å²) in [6.07, 6.45) is 0. The minimum absolute atomic E-state index is 0. The molecule has 0 aliphatic heterocycles. The molecule has 23 heavy (non-hydrogen) atoms. The summed E-state index contributed by atoms with van der Waals surface area (Å²) in [5.74, 6) is 0. The second-order valence-electron chi connectivity index (χ2n) is 4.05. The molecule has 0 saturated carbocycles. The summed E-state index contributed by atoms with van der Waals surface area (Å²) < 4.78 is 62.1. The van der Waals surface area contributed by atoms with E-state index in [1.54, 1.807) is 0 Å². The van der Waals surface area contributed by atoms with Gasteiger partial charge in [0.25, 0.3) is 0 Å². The molecule has 8 nitrogen and oxygen atoms in total. The Balaban J connectivity index is 0.000000403. The molecule has 11 heteroatoms. The molecule has 0 amide bonds. The third kappa shape index (κ3) is 7.65. The number of nitrogen functional groups attached to an aromatic ring is 2. The maximum Gasteiger partial charge on any atom is 2.00 e. The number of nitrogens with two attached hydrogens (primary N) is 2. The molecule has 0 heterocycles. The van der Waals surface area contributed by atoms with Crippen LogP contribution in [-0.2, 0) is 20.2 Å². The minimum Gasteiger partial charge on any atom is -0.744 e. The Hall–Kier alpha value is -1.34. The Morgan fingerprint density at radius 1 is 0.609 bits per heavy atom. The Morgan fingerprint density at radius 3 is 1.00 bits per heavy atom. The van der Waals surface area contributed by atoms with Crippen LogP contribution in [0.4, 0.5) is 11.4 Å². The normalized spacial score (nSPS) is 10.9. The summed E-state index contributed by atoms with van der Waals surface area (Å²) in [6, 6.07) is 10.2. The van der Waals surface area contributed by atoms with Crippen molar-refractivity contribution >= 4 is 55.5 Å². The number of anilines is 2. The van der Waals surface area contributed by atoms with E-state index in [0.29, 0.717) is 11.4 Å². The van der Waals surface area contributed by atoms with Gasteiger partial charge in [-0.3, -0.25) is 0 Å². The fraction of sp³-hybridized carbons (Fsp3) is 0. The molecule has 0 aliphatic carbocycles. The second kappa shape index (κ2) is 8.49. The molecular weight excluding hydrogens is 451 g/mol. The summed E-state index contributed by atoms with van der Waals surface area (Å²) in [5, 5.41) is 0. The van der Waals surface area contributed by atoms with E-state index in [9.17, 15) is 25.9 Å². The first-order valence-electron chi connectivity index (χ1n) is 5.63. The van der Waals surface area contributed by atoms with Crippen molar-refractivity contribution in [1.29, 1.82) is 0 Å². The molecule has 122 valence electrons. The van der Waals surface area contributed by atoms with Crippen molar-refractivity contribution in [2.75, 3.05) is 11.5 Å². The molecule has 2 rings (SSSR count). The molecule has 0 bridgehead atoms. The Bertz CT molecular complexity index is 761. The first-order valence-corrected chi connectivity index (χ1v) is 8.44. The van der Waals surface area contributed by atoms with E-state index in [1.165, 1.54) is 48.5 Å². The van der Waals surface area contributed by atoms with Gasteiger partial charge in [-0.1, -0.05) is 0 Å². The number of hydrogen-bond donors (Lipinski definition) is 2. The molecule has 0 saturated heterocycles. The van der Waals surface area contributed by atoms with Crippen molar-refractivity contribution in [1.82, 2.24) is 0 Å². The van der Waals surface area contributed by atoms with Crippen LogP contribution in [0.15, 0.2) is 58.3 Å². The van der Waals surface area contributed by atoms with Gasteiger partial charge in [-0.15, -0.1) is 0 Å². The predicted molar refractivity (Wildman–Crippen MR) is 83.4 cm³/mol. The average molecular weight is 463 g/mol. The minimum atomic E-state index is -4.33. The standard InChI is InChI=1S/2C6H7NO3S.Sn/c2*7-5-1-3-6(4-2-5)11(8,9)10;/h2*1-4H,7H2,(H,8,9,10);/q;;+2/p-2. The third-order valence-corrected chi connectivity index (χ3v) is 4.04. The van der Waals surface area contributed by atoms with E-state index in [2.05, 4.69) is 0 Å². The van der Waals surface area contributed by atoms with Crippen LogP contribution in [0, 0.1) is 0 Å². The average Bonchev–Trinajstić information content (AvgIpc) is 2.38. The van der Waals surface area contributed by atoms with E-state index in [0.717, 1.165) is 0 Å². The summed E-state index contributed by atoms with van der Waals surface area (Å²) in [7, 11) is -8.65. The van der Waals surface area contributed by atoms with Crippen LogP contribution < -0.4 is 11.5 Å². The van der Waals surface area contributed by atoms with Gasteiger partial charge in [-0.2, -0.15) is 0 Å². The Labute approximate surface area is 151 Å². The fourth-order valence-corrected chi connectivity index (χ4v) is 2.21. The van der Waals surface area contributed by atoms with Gasteiger partial charge in [0.2, 0.25) is 0 Å². The van der Waals surface area contributed by atoms with Gasteiger partial charge in [-0.25, -0.2) is 16.8 Å². The largest absolute Gasteiger partial charge is 2.00 e. The van der Waals surface area contributed by atoms with Gasteiger partial charge in [0.1, 0.15) is 20.2 Å². The Kier molecular flexibility index (Phi) is 8.00. The number of hydrogen-bond acceptors (Lipinski definition) is 8. The van der Waals surface area contributed by atoms with Crippen LogP contribution >= 0.6 is 0 Å². The smallest absolute Gasteiger partial charge is 0.744 e. The molecule has 0 atom stereocenters. The predicted octanol–water partition coefficient (Wildman–Crippen LogP) is -0.0350. The molecule has 0 aromatic heterocycles.